The van der Waals surface area contributed by atoms with E-state index < -0.39 is 5.95 Å². The van der Waals surface area contributed by atoms with Crippen molar-refractivity contribution in [3.8, 4) is 0 Å². The number of rotatable bonds is 1. The second-order valence-corrected chi connectivity index (χ2v) is 4.43. The number of carbonyl (C=O) groups is 1. The Labute approximate surface area is 109 Å². The molecule has 0 saturated heterocycles. The van der Waals surface area contributed by atoms with E-state index in [0.29, 0.717) is 13.1 Å². The topological polar surface area (TPSA) is 46.1 Å². The second-order valence-electron chi connectivity index (χ2n) is 4.43. The summed E-state index contributed by atoms with van der Waals surface area (Å²) in [7, 11) is 0. The van der Waals surface area contributed by atoms with E-state index in [-0.39, 0.29) is 11.6 Å². The Kier molecular flexibility index (Phi) is 2.95. The Balaban J connectivity index is 1.83. The molecule has 0 N–H and O–H groups in total. The smallest absolute Gasteiger partial charge is 0.272 e. The molecule has 1 aliphatic rings. The highest BCUT2D eigenvalue weighted by atomic mass is 19.1. The lowest BCUT2D eigenvalue weighted by Gasteiger charge is -2.27. The summed E-state index contributed by atoms with van der Waals surface area (Å²) in [6.45, 7) is 1.08. The molecule has 0 radical (unpaired) electrons. The third-order valence-corrected chi connectivity index (χ3v) is 3.19. The Morgan fingerprint density at radius 3 is 3.00 bits per heavy atom. The third-order valence-electron chi connectivity index (χ3n) is 3.19. The van der Waals surface area contributed by atoms with E-state index in [0.717, 1.165) is 17.7 Å². The summed E-state index contributed by atoms with van der Waals surface area (Å²) in [6.07, 6.45) is 2.47. The standard InChI is InChI=1S/C14H12FN3O/c15-13-5-1-4-12(17-13)14(19)18-8-6-11-10(9-18)3-2-7-16-11/h1-5,7H,6,8-9H2. The highest BCUT2D eigenvalue weighted by Gasteiger charge is 2.23. The van der Waals surface area contributed by atoms with Crippen LogP contribution in [0.1, 0.15) is 21.7 Å². The van der Waals surface area contributed by atoms with Gasteiger partial charge in [-0.3, -0.25) is 9.78 Å². The van der Waals surface area contributed by atoms with E-state index in [4.69, 9.17) is 0 Å². The number of fused-ring (bicyclic) bond motifs is 1. The first-order chi connectivity index (χ1) is 9.24. The van der Waals surface area contributed by atoms with Crippen LogP contribution in [0.3, 0.4) is 0 Å². The Morgan fingerprint density at radius 2 is 2.16 bits per heavy atom. The van der Waals surface area contributed by atoms with Crippen molar-refractivity contribution in [3.05, 3.63) is 59.4 Å². The number of carbonyl (C=O) groups excluding carboxylic acids is 1. The van der Waals surface area contributed by atoms with Crippen LogP contribution in [0, 0.1) is 5.95 Å². The zero-order valence-corrected chi connectivity index (χ0v) is 10.2. The van der Waals surface area contributed by atoms with Crippen LogP contribution in [0.2, 0.25) is 0 Å². The molecule has 0 fully saturated rings. The van der Waals surface area contributed by atoms with E-state index in [1.807, 2.05) is 12.1 Å². The van der Waals surface area contributed by atoms with E-state index in [9.17, 15) is 9.18 Å². The molecule has 0 atom stereocenters. The Bertz CT molecular complexity index is 630. The van der Waals surface area contributed by atoms with E-state index in [1.165, 1.54) is 18.2 Å². The molecule has 0 aliphatic carbocycles. The van der Waals surface area contributed by atoms with Crippen LogP contribution in [0.25, 0.3) is 0 Å². The lowest BCUT2D eigenvalue weighted by Crippen LogP contribution is -2.36. The Hall–Kier alpha value is -2.30. The van der Waals surface area contributed by atoms with Gasteiger partial charge in [-0.25, -0.2) is 4.98 Å². The van der Waals surface area contributed by atoms with Crippen molar-refractivity contribution in [2.45, 2.75) is 13.0 Å². The van der Waals surface area contributed by atoms with Crippen molar-refractivity contribution in [1.82, 2.24) is 14.9 Å². The van der Waals surface area contributed by atoms with Gasteiger partial charge in [-0.15, -0.1) is 0 Å². The molecule has 1 amide bonds. The third kappa shape index (κ3) is 2.31. The van der Waals surface area contributed by atoms with Gasteiger partial charge in [0.2, 0.25) is 5.95 Å². The fourth-order valence-corrected chi connectivity index (χ4v) is 2.23. The lowest BCUT2D eigenvalue weighted by molar-refractivity contribution is 0.0726. The molecular formula is C14H12FN3O. The van der Waals surface area contributed by atoms with E-state index in [2.05, 4.69) is 9.97 Å². The molecule has 96 valence electrons. The van der Waals surface area contributed by atoms with Gasteiger partial charge >= 0.3 is 0 Å². The van der Waals surface area contributed by atoms with Crippen molar-refractivity contribution < 1.29 is 9.18 Å². The summed E-state index contributed by atoms with van der Waals surface area (Å²) in [4.78, 5) is 21.8. The molecule has 3 rings (SSSR count). The number of pyridine rings is 2. The summed E-state index contributed by atoms with van der Waals surface area (Å²) >= 11 is 0. The molecule has 3 heterocycles. The summed E-state index contributed by atoms with van der Waals surface area (Å²) in [5.74, 6) is -0.876. The molecule has 5 heteroatoms. The van der Waals surface area contributed by atoms with Gasteiger partial charge in [-0.05, 0) is 23.8 Å². The lowest BCUT2D eigenvalue weighted by atomic mass is 10.1. The predicted octanol–water partition coefficient (Wildman–Crippen LogP) is 1.81. The second kappa shape index (κ2) is 4.76. The molecule has 0 unspecified atom stereocenters. The molecule has 0 spiro atoms. The van der Waals surface area contributed by atoms with Crippen molar-refractivity contribution in [2.24, 2.45) is 0 Å². The molecule has 0 aromatic carbocycles. The maximum atomic E-state index is 13.0. The SMILES string of the molecule is O=C(c1cccc(F)n1)N1CCc2ncccc2C1. The van der Waals surface area contributed by atoms with Crippen LogP contribution in [-0.4, -0.2) is 27.3 Å². The van der Waals surface area contributed by atoms with E-state index in [1.54, 1.807) is 11.1 Å². The predicted molar refractivity (Wildman–Crippen MR) is 66.9 cm³/mol. The minimum Gasteiger partial charge on any atom is -0.333 e. The fourth-order valence-electron chi connectivity index (χ4n) is 2.23. The zero-order chi connectivity index (χ0) is 13.2. The number of aromatic nitrogens is 2. The average Bonchev–Trinajstić information content (AvgIpc) is 2.46. The number of hydrogen-bond donors (Lipinski definition) is 0. The van der Waals surface area contributed by atoms with Gasteiger partial charge in [-0.1, -0.05) is 12.1 Å². The first-order valence-electron chi connectivity index (χ1n) is 6.08. The van der Waals surface area contributed by atoms with Crippen molar-refractivity contribution in [2.75, 3.05) is 6.54 Å². The normalized spacial score (nSPS) is 14.1. The van der Waals surface area contributed by atoms with Gasteiger partial charge in [0, 0.05) is 31.4 Å². The average molecular weight is 257 g/mol. The summed E-state index contributed by atoms with van der Waals surface area (Å²) < 4.78 is 13.0. The van der Waals surface area contributed by atoms with Gasteiger partial charge in [0.1, 0.15) is 5.69 Å². The van der Waals surface area contributed by atoms with Gasteiger partial charge in [0.15, 0.2) is 0 Å². The van der Waals surface area contributed by atoms with Gasteiger partial charge in [-0.2, -0.15) is 4.39 Å². The maximum Gasteiger partial charge on any atom is 0.272 e. The monoisotopic (exact) mass is 257 g/mol. The summed E-state index contributed by atoms with van der Waals surface area (Å²) in [5.41, 5.74) is 2.21. The quantitative estimate of drug-likeness (QED) is 0.732. The molecule has 2 aromatic rings. The largest absolute Gasteiger partial charge is 0.333 e. The molecule has 4 nitrogen and oxygen atoms in total. The van der Waals surface area contributed by atoms with Gasteiger partial charge in [0.25, 0.3) is 5.91 Å². The minimum absolute atomic E-state index is 0.146. The summed E-state index contributed by atoms with van der Waals surface area (Å²) in [6, 6.07) is 8.07. The van der Waals surface area contributed by atoms with Crippen LogP contribution in [0.15, 0.2) is 36.5 Å². The Morgan fingerprint density at radius 1 is 1.26 bits per heavy atom. The van der Waals surface area contributed by atoms with Crippen LogP contribution in [0.5, 0.6) is 0 Å². The number of amides is 1. The molecule has 2 aromatic heterocycles. The first-order valence-corrected chi connectivity index (χ1v) is 6.08. The molecular weight excluding hydrogens is 245 g/mol. The van der Waals surface area contributed by atoms with Crippen molar-refractivity contribution >= 4 is 5.91 Å². The molecule has 1 aliphatic heterocycles. The number of halogens is 1. The first kappa shape index (κ1) is 11.8. The number of nitrogens with zero attached hydrogens (tertiary/aromatic N) is 3. The van der Waals surface area contributed by atoms with E-state index >= 15 is 0 Å². The molecule has 0 saturated carbocycles. The summed E-state index contributed by atoms with van der Waals surface area (Å²) in [5, 5.41) is 0. The van der Waals surface area contributed by atoms with Crippen LogP contribution in [0.4, 0.5) is 4.39 Å². The number of hydrogen-bond acceptors (Lipinski definition) is 3. The highest BCUT2D eigenvalue weighted by molar-refractivity contribution is 5.92. The van der Waals surface area contributed by atoms with Crippen molar-refractivity contribution in [1.29, 1.82) is 0 Å². The molecule has 0 bridgehead atoms. The van der Waals surface area contributed by atoms with Crippen LogP contribution >= 0.6 is 0 Å². The minimum atomic E-state index is -0.634. The highest BCUT2D eigenvalue weighted by Crippen LogP contribution is 2.18. The zero-order valence-electron chi connectivity index (χ0n) is 10.2. The van der Waals surface area contributed by atoms with Crippen LogP contribution < -0.4 is 0 Å². The maximum absolute atomic E-state index is 13.0. The van der Waals surface area contributed by atoms with Gasteiger partial charge < -0.3 is 4.90 Å². The van der Waals surface area contributed by atoms with Crippen LogP contribution in [-0.2, 0) is 13.0 Å². The molecule has 19 heavy (non-hydrogen) atoms. The fraction of sp³-hybridized carbons (Fsp3) is 0.214. The van der Waals surface area contributed by atoms with Gasteiger partial charge in [0.05, 0.1) is 0 Å². The van der Waals surface area contributed by atoms with Crippen molar-refractivity contribution in [3.63, 3.8) is 0 Å².